The minimum Gasteiger partial charge on any atom is -0.491 e. The number of nitrogens with zero attached hydrogens (tertiary/aromatic N) is 1. The number of carbonyl (C=O) groups is 1. The fourth-order valence-corrected chi connectivity index (χ4v) is 1.75. The Morgan fingerprint density at radius 1 is 1.29 bits per heavy atom. The van der Waals surface area contributed by atoms with Crippen molar-refractivity contribution in [2.24, 2.45) is 0 Å². The van der Waals surface area contributed by atoms with Crippen LogP contribution in [0.25, 0.3) is 0 Å². The average Bonchev–Trinajstić information content (AvgIpc) is 2.50. The van der Waals surface area contributed by atoms with E-state index < -0.39 is 5.82 Å². The van der Waals surface area contributed by atoms with Crippen molar-refractivity contribution in [1.29, 1.82) is 5.26 Å². The summed E-state index contributed by atoms with van der Waals surface area (Å²) < 4.78 is 18.8. The van der Waals surface area contributed by atoms with Crippen molar-refractivity contribution in [2.75, 3.05) is 11.9 Å². The lowest BCUT2D eigenvalue weighted by Crippen LogP contribution is -2.12. The number of amides is 1. The lowest BCUT2D eigenvalue weighted by atomic mass is 10.1. The van der Waals surface area contributed by atoms with Gasteiger partial charge in [-0.05, 0) is 43.3 Å². The molecule has 0 aliphatic heterocycles. The number of hydrogen-bond donors (Lipinski definition) is 1. The highest BCUT2D eigenvalue weighted by Crippen LogP contribution is 2.21. The van der Waals surface area contributed by atoms with Crippen molar-refractivity contribution < 1.29 is 13.9 Å². The molecule has 1 N–H and O–H groups in total. The highest BCUT2D eigenvalue weighted by Gasteiger charge is 2.09. The highest BCUT2D eigenvalue weighted by molar-refractivity contribution is 6.04. The molecule has 0 unspecified atom stereocenters. The third kappa shape index (κ3) is 3.57. The molecule has 21 heavy (non-hydrogen) atoms. The summed E-state index contributed by atoms with van der Waals surface area (Å²) >= 11 is 0. The number of carbonyl (C=O) groups excluding carboxylic acids is 1. The first kappa shape index (κ1) is 14.5. The Labute approximate surface area is 121 Å². The van der Waals surface area contributed by atoms with Crippen molar-refractivity contribution in [1.82, 2.24) is 0 Å². The van der Waals surface area contributed by atoms with E-state index in [-0.39, 0.29) is 11.7 Å². The summed E-state index contributed by atoms with van der Waals surface area (Å²) in [6.45, 7) is 2.13. The van der Waals surface area contributed by atoms with Gasteiger partial charge >= 0.3 is 0 Å². The van der Waals surface area contributed by atoms with E-state index in [1.54, 1.807) is 37.3 Å². The fourth-order valence-electron chi connectivity index (χ4n) is 1.75. The van der Waals surface area contributed by atoms with E-state index in [1.807, 2.05) is 6.07 Å². The van der Waals surface area contributed by atoms with Gasteiger partial charge in [0.1, 0.15) is 0 Å². The van der Waals surface area contributed by atoms with Crippen LogP contribution < -0.4 is 10.1 Å². The zero-order chi connectivity index (χ0) is 15.2. The topological polar surface area (TPSA) is 62.1 Å². The van der Waals surface area contributed by atoms with Gasteiger partial charge in [-0.15, -0.1) is 0 Å². The Kier molecular flexibility index (Phi) is 4.52. The second-order valence-electron chi connectivity index (χ2n) is 4.22. The zero-order valence-electron chi connectivity index (χ0n) is 11.4. The molecule has 0 aliphatic rings. The molecular weight excluding hydrogens is 271 g/mol. The molecule has 0 atom stereocenters. The maximum absolute atomic E-state index is 13.7. The SMILES string of the molecule is CCOc1ccc(NC(=O)c2ccc(C#N)cc2)cc1F. The molecule has 106 valence electrons. The van der Waals surface area contributed by atoms with Gasteiger partial charge in [0, 0.05) is 17.3 Å². The smallest absolute Gasteiger partial charge is 0.255 e. The van der Waals surface area contributed by atoms with Crippen LogP contribution in [0.4, 0.5) is 10.1 Å². The van der Waals surface area contributed by atoms with E-state index in [1.165, 1.54) is 12.1 Å². The Hall–Kier alpha value is -2.87. The molecule has 0 heterocycles. The maximum Gasteiger partial charge on any atom is 0.255 e. The van der Waals surface area contributed by atoms with Crippen LogP contribution in [0.5, 0.6) is 5.75 Å². The number of nitrogens with one attached hydrogen (secondary N) is 1. The summed E-state index contributed by atoms with van der Waals surface area (Å²) in [6, 6.07) is 12.4. The number of nitriles is 1. The lowest BCUT2D eigenvalue weighted by Gasteiger charge is -2.08. The van der Waals surface area contributed by atoms with Crippen molar-refractivity contribution in [3.63, 3.8) is 0 Å². The van der Waals surface area contributed by atoms with Crippen LogP contribution in [0, 0.1) is 17.1 Å². The first-order valence-electron chi connectivity index (χ1n) is 6.38. The minimum atomic E-state index is -0.533. The van der Waals surface area contributed by atoms with E-state index in [0.717, 1.165) is 0 Å². The van der Waals surface area contributed by atoms with Gasteiger partial charge in [-0.25, -0.2) is 4.39 Å². The summed E-state index contributed by atoms with van der Waals surface area (Å²) in [4.78, 5) is 12.0. The summed E-state index contributed by atoms with van der Waals surface area (Å²) in [5, 5.41) is 11.3. The molecular formula is C16H13FN2O2. The van der Waals surface area contributed by atoms with E-state index in [9.17, 15) is 9.18 Å². The van der Waals surface area contributed by atoms with E-state index in [2.05, 4.69) is 5.32 Å². The minimum absolute atomic E-state index is 0.147. The predicted octanol–water partition coefficient (Wildman–Crippen LogP) is 3.35. The number of benzene rings is 2. The zero-order valence-corrected chi connectivity index (χ0v) is 11.4. The van der Waals surface area contributed by atoms with Gasteiger partial charge in [0.05, 0.1) is 18.2 Å². The number of hydrogen-bond acceptors (Lipinski definition) is 3. The average molecular weight is 284 g/mol. The monoisotopic (exact) mass is 284 g/mol. The van der Waals surface area contributed by atoms with Crippen LogP contribution in [0.15, 0.2) is 42.5 Å². The maximum atomic E-state index is 13.7. The molecule has 0 spiro atoms. The molecule has 2 aromatic carbocycles. The molecule has 4 nitrogen and oxygen atoms in total. The summed E-state index contributed by atoms with van der Waals surface area (Å²) in [7, 11) is 0. The predicted molar refractivity (Wildman–Crippen MR) is 76.7 cm³/mol. The number of anilines is 1. The summed E-state index contributed by atoms with van der Waals surface area (Å²) in [6.07, 6.45) is 0. The van der Waals surface area contributed by atoms with Gasteiger partial charge in [-0.1, -0.05) is 0 Å². The van der Waals surface area contributed by atoms with Gasteiger partial charge in [0.15, 0.2) is 11.6 Å². The number of rotatable bonds is 4. The van der Waals surface area contributed by atoms with E-state index >= 15 is 0 Å². The van der Waals surface area contributed by atoms with Crippen molar-refractivity contribution in [3.8, 4) is 11.8 Å². The van der Waals surface area contributed by atoms with Crippen LogP contribution in [0.3, 0.4) is 0 Å². The molecule has 0 saturated carbocycles. The molecule has 1 amide bonds. The van der Waals surface area contributed by atoms with Crippen LogP contribution in [0.1, 0.15) is 22.8 Å². The molecule has 0 fully saturated rings. The largest absolute Gasteiger partial charge is 0.491 e. The fraction of sp³-hybridized carbons (Fsp3) is 0.125. The van der Waals surface area contributed by atoms with E-state index in [4.69, 9.17) is 10.00 Å². The second kappa shape index (κ2) is 6.53. The van der Waals surface area contributed by atoms with Crippen LogP contribution >= 0.6 is 0 Å². The van der Waals surface area contributed by atoms with Gasteiger partial charge in [0.2, 0.25) is 0 Å². The summed E-state index contributed by atoms with van der Waals surface area (Å²) in [5.41, 5.74) is 1.20. The standard InChI is InChI=1S/C16H13FN2O2/c1-2-21-15-8-7-13(9-14(15)17)19-16(20)12-5-3-11(10-18)4-6-12/h3-9H,2H2,1H3,(H,19,20). The van der Waals surface area contributed by atoms with Crippen molar-refractivity contribution in [2.45, 2.75) is 6.92 Å². The Bertz CT molecular complexity index is 690. The van der Waals surface area contributed by atoms with Crippen LogP contribution in [-0.2, 0) is 0 Å². The van der Waals surface area contributed by atoms with Gasteiger partial charge in [-0.3, -0.25) is 4.79 Å². The molecule has 2 rings (SSSR count). The molecule has 0 aliphatic carbocycles. The third-order valence-corrected chi connectivity index (χ3v) is 2.77. The Morgan fingerprint density at radius 3 is 2.57 bits per heavy atom. The second-order valence-corrected chi connectivity index (χ2v) is 4.22. The Balaban J connectivity index is 2.12. The molecule has 5 heteroatoms. The van der Waals surface area contributed by atoms with Gasteiger partial charge in [0.25, 0.3) is 5.91 Å². The molecule has 2 aromatic rings. The first-order chi connectivity index (χ1) is 10.1. The molecule has 0 radical (unpaired) electrons. The van der Waals surface area contributed by atoms with Gasteiger partial charge < -0.3 is 10.1 Å². The Morgan fingerprint density at radius 2 is 2.00 bits per heavy atom. The third-order valence-electron chi connectivity index (χ3n) is 2.77. The quantitative estimate of drug-likeness (QED) is 0.936. The summed E-state index contributed by atoms with van der Waals surface area (Å²) in [5.74, 6) is -0.758. The molecule has 0 aromatic heterocycles. The first-order valence-corrected chi connectivity index (χ1v) is 6.38. The van der Waals surface area contributed by atoms with Crippen molar-refractivity contribution in [3.05, 3.63) is 59.4 Å². The van der Waals surface area contributed by atoms with Crippen molar-refractivity contribution >= 4 is 11.6 Å². The molecule has 0 saturated heterocycles. The van der Waals surface area contributed by atoms with E-state index in [0.29, 0.717) is 23.4 Å². The lowest BCUT2D eigenvalue weighted by molar-refractivity contribution is 0.102. The highest BCUT2D eigenvalue weighted by atomic mass is 19.1. The molecule has 0 bridgehead atoms. The normalized spacial score (nSPS) is 9.76. The van der Waals surface area contributed by atoms with Gasteiger partial charge in [-0.2, -0.15) is 5.26 Å². The van der Waals surface area contributed by atoms with Crippen LogP contribution in [-0.4, -0.2) is 12.5 Å². The number of ether oxygens (including phenoxy) is 1. The van der Waals surface area contributed by atoms with Crippen LogP contribution in [0.2, 0.25) is 0 Å². The number of halogens is 1.